The van der Waals surface area contributed by atoms with Crippen molar-refractivity contribution >= 4 is 33.4 Å². The van der Waals surface area contributed by atoms with E-state index in [-0.39, 0.29) is 11.8 Å². The Hall–Kier alpha value is -1.44. The molecule has 1 aromatic carbocycles. The average molecular weight is 423 g/mol. The van der Waals surface area contributed by atoms with Crippen LogP contribution >= 0.6 is 15.9 Å². The molecular weight excluding hydrogens is 396 g/mol. The summed E-state index contributed by atoms with van der Waals surface area (Å²) in [5, 5.41) is 2.94. The predicted molar refractivity (Wildman–Crippen MR) is 106 cm³/mol. The fraction of sp³-hybridized carbons (Fsp3) is 0.579. The Kier molecular flexibility index (Phi) is 7.05. The number of hydrogen-bond donors (Lipinski definition) is 1. The zero-order valence-electron chi connectivity index (χ0n) is 15.1. The third-order valence-electron chi connectivity index (χ3n) is 5.05. The zero-order valence-corrected chi connectivity index (χ0v) is 16.7. The van der Waals surface area contributed by atoms with Gasteiger partial charge in [0.15, 0.2) is 0 Å². The number of piperazine rings is 1. The maximum atomic E-state index is 12.4. The lowest BCUT2D eigenvalue weighted by molar-refractivity contribution is -0.134. The van der Waals surface area contributed by atoms with Crippen molar-refractivity contribution in [2.75, 3.05) is 57.7 Å². The van der Waals surface area contributed by atoms with Gasteiger partial charge in [-0.1, -0.05) is 12.1 Å². The number of piperidine rings is 1. The van der Waals surface area contributed by atoms with Crippen LogP contribution in [0, 0.1) is 0 Å². The fourth-order valence-electron chi connectivity index (χ4n) is 3.50. The number of benzene rings is 1. The van der Waals surface area contributed by atoms with Crippen LogP contribution in [0.5, 0.6) is 0 Å². The molecule has 0 unspecified atom stereocenters. The van der Waals surface area contributed by atoms with Crippen molar-refractivity contribution in [2.45, 2.75) is 19.3 Å². The van der Waals surface area contributed by atoms with E-state index in [4.69, 9.17) is 0 Å². The Morgan fingerprint density at radius 1 is 0.885 bits per heavy atom. The topological polar surface area (TPSA) is 55.9 Å². The molecule has 2 aliphatic rings. The Balaban J connectivity index is 1.38. The number of para-hydroxylation sites is 1. The summed E-state index contributed by atoms with van der Waals surface area (Å²) >= 11 is 3.44. The summed E-state index contributed by atoms with van der Waals surface area (Å²) in [4.78, 5) is 31.0. The number of hydrogen-bond acceptors (Lipinski definition) is 4. The van der Waals surface area contributed by atoms with E-state index in [1.54, 1.807) is 0 Å². The first-order valence-electron chi connectivity index (χ1n) is 9.39. The molecule has 0 atom stereocenters. The molecule has 2 heterocycles. The van der Waals surface area contributed by atoms with E-state index in [1.807, 2.05) is 29.2 Å². The molecule has 2 aliphatic heterocycles. The minimum Gasteiger partial charge on any atom is -0.342 e. The van der Waals surface area contributed by atoms with Gasteiger partial charge in [0, 0.05) is 43.7 Å². The molecule has 7 heteroatoms. The number of nitrogens with zero attached hydrogens (tertiary/aromatic N) is 3. The first-order chi connectivity index (χ1) is 12.6. The van der Waals surface area contributed by atoms with Crippen molar-refractivity contribution in [3.63, 3.8) is 0 Å². The van der Waals surface area contributed by atoms with Gasteiger partial charge in [-0.2, -0.15) is 0 Å². The Bertz CT molecular complexity index is 626. The largest absolute Gasteiger partial charge is 0.342 e. The molecule has 142 valence electrons. The SMILES string of the molecule is O=C(CN1CCN(CC(=O)N2CCCCC2)CC1)Nc1ccccc1Br. The third kappa shape index (κ3) is 5.53. The summed E-state index contributed by atoms with van der Waals surface area (Å²) in [5.74, 6) is 0.250. The lowest BCUT2D eigenvalue weighted by Gasteiger charge is -2.35. The smallest absolute Gasteiger partial charge is 0.238 e. The van der Waals surface area contributed by atoms with Crippen LogP contribution in [0.1, 0.15) is 19.3 Å². The van der Waals surface area contributed by atoms with Crippen molar-refractivity contribution in [3.8, 4) is 0 Å². The van der Waals surface area contributed by atoms with Gasteiger partial charge in [-0.25, -0.2) is 0 Å². The van der Waals surface area contributed by atoms with Crippen LogP contribution in [0.3, 0.4) is 0 Å². The number of carbonyl (C=O) groups excluding carboxylic acids is 2. The van der Waals surface area contributed by atoms with Crippen LogP contribution in [0.4, 0.5) is 5.69 Å². The van der Waals surface area contributed by atoms with E-state index < -0.39 is 0 Å². The Morgan fingerprint density at radius 2 is 1.50 bits per heavy atom. The summed E-state index contributed by atoms with van der Waals surface area (Å²) in [7, 11) is 0. The normalized spacial score (nSPS) is 19.3. The second kappa shape index (κ2) is 9.48. The van der Waals surface area contributed by atoms with Crippen LogP contribution in [0.15, 0.2) is 28.7 Å². The minimum absolute atomic E-state index is 0.00487. The molecule has 0 saturated carbocycles. The molecule has 2 amide bonds. The van der Waals surface area contributed by atoms with Crippen LogP contribution in [-0.2, 0) is 9.59 Å². The number of nitrogens with one attached hydrogen (secondary N) is 1. The van der Waals surface area contributed by atoms with Gasteiger partial charge in [-0.15, -0.1) is 0 Å². The van der Waals surface area contributed by atoms with Crippen molar-refractivity contribution in [3.05, 3.63) is 28.7 Å². The molecule has 2 fully saturated rings. The second-order valence-corrected chi connectivity index (χ2v) is 7.88. The first kappa shape index (κ1) is 19.3. The molecule has 3 rings (SSSR count). The summed E-state index contributed by atoms with van der Waals surface area (Å²) in [6.07, 6.45) is 3.50. The standard InChI is InChI=1S/C19H27BrN4O2/c20-16-6-2-3-7-17(16)21-18(25)14-22-10-12-23(13-11-22)15-19(26)24-8-4-1-5-9-24/h2-3,6-7H,1,4-5,8-15H2,(H,21,25). The average Bonchev–Trinajstić information content (AvgIpc) is 2.66. The second-order valence-electron chi connectivity index (χ2n) is 7.02. The summed E-state index contributed by atoms with van der Waals surface area (Å²) in [5.41, 5.74) is 0.795. The fourth-order valence-corrected chi connectivity index (χ4v) is 3.88. The molecule has 2 saturated heterocycles. The lowest BCUT2D eigenvalue weighted by atomic mass is 10.1. The van der Waals surface area contributed by atoms with Crippen LogP contribution < -0.4 is 5.32 Å². The van der Waals surface area contributed by atoms with E-state index in [0.29, 0.717) is 13.1 Å². The molecule has 0 spiro atoms. The molecule has 6 nitrogen and oxygen atoms in total. The van der Waals surface area contributed by atoms with Gasteiger partial charge in [0.05, 0.1) is 18.8 Å². The highest BCUT2D eigenvalue weighted by Gasteiger charge is 2.23. The molecular formula is C19H27BrN4O2. The van der Waals surface area contributed by atoms with Gasteiger partial charge in [0.1, 0.15) is 0 Å². The van der Waals surface area contributed by atoms with E-state index in [0.717, 1.165) is 62.3 Å². The van der Waals surface area contributed by atoms with Gasteiger partial charge in [0.2, 0.25) is 11.8 Å². The van der Waals surface area contributed by atoms with E-state index >= 15 is 0 Å². The molecule has 0 aromatic heterocycles. The van der Waals surface area contributed by atoms with Crippen LogP contribution in [-0.4, -0.2) is 78.9 Å². The number of halogens is 1. The van der Waals surface area contributed by atoms with E-state index in [9.17, 15) is 9.59 Å². The summed E-state index contributed by atoms with van der Waals surface area (Å²) in [6, 6.07) is 7.61. The van der Waals surface area contributed by atoms with Crippen molar-refractivity contribution < 1.29 is 9.59 Å². The van der Waals surface area contributed by atoms with Gasteiger partial charge >= 0.3 is 0 Å². The Labute approximate surface area is 163 Å². The third-order valence-corrected chi connectivity index (χ3v) is 5.74. The number of anilines is 1. The number of likely N-dealkylation sites (tertiary alicyclic amines) is 1. The molecule has 1 aromatic rings. The number of rotatable bonds is 5. The molecule has 1 N–H and O–H groups in total. The van der Waals surface area contributed by atoms with Crippen molar-refractivity contribution in [2.24, 2.45) is 0 Å². The quantitative estimate of drug-likeness (QED) is 0.788. The molecule has 0 radical (unpaired) electrons. The van der Waals surface area contributed by atoms with Crippen molar-refractivity contribution in [1.82, 2.24) is 14.7 Å². The lowest BCUT2D eigenvalue weighted by Crippen LogP contribution is -2.51. The molecule has 0 aliphatic carbocycles. The maximum Gasteiger partial charge on any atom is 0.238 e. The first-order valence-corrected chi connectivity index (χ1v) is 10.2. The van der Waals surface area contributed by atoms with Crippen LogP contribution in [0.2, 0.25) is 0 Å². The summed E-state index contributed by atoms with van der Waals surface area (Å²) < 4.78 is 0.884. The van der Waals surface area contributed by atoms with Gasteiger partial charge in [-0.05, 0) is 47.3 Å². The zero-order chi connectivity index (χ0) is 18.4. The van der Waals surface area contributed by atoms with Crippen molar-refractivity contribution in [1.29, 1.82) is 0 Å². The number of carbonyl (C=O) groups is 2. The highest BCUT2D eigenvalue weighted by Crippen LogP contribution is 2.21. The number of amides is 2. The monoisotopic (exact) mass is 422 g/mol. The van der Waals surface area contributed by atoms with Gasteiger partial charge < -0.3 is 10.2 Å². The van der Waals surface area contributed by atoms with Gasteiger partial charge in [-0.3, -0.25) is 19.4 Å². The highest BCUT2D eigenvalue weighted by molar-refractivity contribution is 9.10. The molecule has 0 bridgehead atoms. The predicted octanol–water partition coefficient (Wildman–Crippen LogP) is 2.02. The Morgan fingerprint density at radius 3 is 2.15 bits per heavy atom. The highest BCUT2D eigenvalue weighted by atomic mass is 79.9. The van der Waals surface area contributed by atoms with Crippen LogP contribution in [0.25, 0.3) is 0 Å². The van der Waals surface area contributed by atoms with E-state index in [1.165, 1.54) is 6.42 Å². The maximum absolute atomic E-state index is 12.4. The minimum atomic E-state index is -0.00487. The molecule has 26 heavy (non-hydrogen) atoms. The van der Waals surface area contributed by atoms with E-state index in [2.05, 4.69) is 31.0 Å². The summed E-state index contributed by atoms with van der Waals surface area (Å²) in [6.45, 7) is 6.02. The van der Waals surface area contributed by atoms with Gasteiger partial charge in [0.25, 0.3) is 0 Å².